The van der Waals surface area contributed by atoms with Gasteiger partial charge in [-0.1, -0.05) is 206 Å². The molecule has 0 saturated carbocycles. The van der Waals surface area contributed by atoms with Gasteiger partial charge in [0, 0.05) is 11.1 Å². The maximum Gasteiger partial charge on any atom is 0.0334 e. The van der Waals surface area contributed by atoms with Gasteiger partial charge in [-0.15, -0.1) is 0 Å². The molecule has 0 aliphatic carbocycles. The summed E-state index contributed by atoms with van der Waals surface area (Å²) in [6.07, 6.45) is 0. The van der Waals surface area contributed by atoms with Gasteiger partial charge in [0.2, 0.25) is 0 Å². The summed E-state index contributed by atoms with van der Waals surface area (Å²) in [5.41, 5.74) is 13.9. The standard InChI is InChI=1S/C60H38/c1-2-12-47(13-3-1)57-17-9-8-14-48(57)28-31-55-39-56-38-53(45-20-18-43(19-21-45)51-29-26-41-10-4-6-15-49(41)36-51)32-34-58(56)59-35-33-54(40-60(55)59)46-24-22-44(23-25-46)52-30-27-42-11-5-7-16-50(42)37-52/h1-27,29-30,32-40H. The molecular formula is C60H38. The van der Waals surface area contributed by atoms with E-state index in [1.54, 1.807) is 0 Å². The Hall–Kier alpha value is -7.98. The van der Waals surface area contributed by atoms with Gasteiger partial charge in [0.1, 0.15) is 0 Å². The lowest BCUT2D eigenvalue weighted by Crippen LogP contribution is -1.89. The van der Waals surface area contributed by atoms with Gasteiger partial charge < -0.3 is 0 Å². The van der Waals surface area contributed by atoms with Crippen molar-refractivity contribution in [3.63, 3.8) is 0 Å². The molecule has 0 nitrogen and oxygen atoms in total. The quantitative estimate of drug-likeness (QED) is 0.121. The van der Waals surface area contributed by atoms with Crippen molar-refractivity contribution in [3.05, 3.63) is 242 Å². The van der Waals surface area contributed by atoms with E-state index in [1.165, 1.54) is 82.2 Å². The van der Waals surface area contributed by atoms with Gasteiger partial charge in [-0.25, -0.2) is 0 Å². The molecule has 11 rings (SSSR count). The molecule has 11 aromatic rings. The Labute approximate surface area is 350 Å². The predicted molar refractivity (Wildman–Crippen MR) is 256 cm³/mol. The molecule has 0 aromatic heterocycles. The molecule has 0 saturated heterocycles. The van der Waals surface area contributed by atoms with Crippen LogP contribution in [0.5, 0.6) is 0 Å². The fraction of sp³-hybridized carbons (Fsp3) is 0. The van der Waals surface area contributed by atoms with Crippen LogP contribution in [0.3, 0.4) is 0 Å². The Balaban J connectivity index is 0.997. The molecular weight excluding hydrogens is 721 g/mol. The first kappa shape index (κ1) is 35.2. The van der Waals surface area contributed by atoms with Crippen molar-refractivity contribution < 1.29 is 0 Å². The van der Waals surface area contributed by atoms with Crippen molar-refractivity contribution in [3.8, 4) is 67.5 Å². The first-order valence-corrected chi connectivity index (χ1v) is 20.6. The summed E-state index contributed by atoms with van der Waals surface area (Å²) in [7, 11) is 0. The molecule has 278 valence electrons. The highest BCUT2D eigenvalue weighted by atomic mass is 14.1. The van der Waals surface area contributed by atoms with Crippen LogP contribution >= 0.6 is 0 Å². The Kier molecular flexibility index (Phi) is 8.85. The lowest BCUT2D eigenvalue weighted by Gasteiger charge is -2.12. The minimum atomic E-state index is 1.01. The van der Waals surface area contributed by atoms with E-state index in [1.807, 2.05) is 0 Å². The first-order chi connectivity index (χ1) is 29.7. The van der Waals surface area contributed by atoms with Gasteiger partial charge in [0.05, 0.1) is 0 Å². The largest absolute Gasteiger partial charge is 0.0622 e. The average Bonchev–Trinajstić information content (AvgIpc) is 3.33. The summed E-state index contributed by atoms with van der Waals surface area (Å²) in [5.74, 6) is 7.29. The van der Waals surface area contributed by atoms with Gasteiger partial charge >= 0.3 is 0 Å². The molecule has 11 aromatic carbocycles. The van der Waals surface area contributed by atoms with Crippen LogP contribution in [-0.2, 0) is 0 Å². The second-order valence-electron chi connectivity index (χ2n) is 15.6. The normalized spacial score (nSPS) is 11.2. The molecule has 0 heterocycles. The van der Waals surface area contributed by atoms with E-state index in [2.05, 4.69) is 242 Å². The van der Waals surface area contributed by atoms with Gasteiger partial charge in [-0.3, -0.25) is 0 Å². The second-order valence-corrected chi connectivity index (χ2v) is 15.6. The van der Waals surface area contributed by atoms with Crippen LogP contribution in [-0.4, -0.2) is 0 Å². The molecule has 0 spiro atoms. The molecule has 0 aliphatic rings. The van der Waals surface area contributed by atoms with E-state index < -0.39 is 0 Å². The third kappa shape index (κ3) is 6.69. The Morgan fingerprint density at radius 1 is 0.200 bits per heavy atom. The fourth-order valence-corrected chi connectivity index (χ4v) is 8.67. The summed E-state index contributed by atoms with van der Waals surface area (Å²) in [6, 6.07) is 83.4. The topological polar surface area (TPSA) is 0 Å². The van der Waals surface area contributed by atoms with Crippen molar-refractivity contribution in [2.24, 2.45) is 0 Å². The van der Waals surface area contributed by atoms with Gasteiger partial charge in [0.25, 0.3) is 0 Å². The summed E-state index contributed by atoms with van der Waals surface area (Å²) in [4.78, 5) is 0. The maximum absolute atomic E-state index is 3.68. The number of hydrogen-bond donors (Lipinski definition) is 0. The zero-order chi connectivity index (χ0) is 39.8. The minimum Gasteiger partial charge on any atom is -0.0622 e. The monoisotopic (exact) mass is 758 g/mol. The Morgan fingerprint density at radius 3 is 1.20 bits per heavy atom. The average molecular weight is 759 g/mol. The van der Waals surface area contributed by atoms with Crippen LogP contribution in [0, 0.1) is 11.8 Å². The van der Waals surface area contributed by atoms with Crippen LogP contribution in [0.4, 0.5) is 0 Å². The number of benzene rings is 11. The molecule has 0 radical (unpaired) electrons. The highest BCUT2D eigenvalue weighted by Gasteiger charge is 2.12. The molecule has 0 bridgehead atoms. The van der Waals surface area contributed by atoms with E-state index in [4.69, 9.17) is 0 Å². The summed E-state index contributed by atoms with van der Waals surface area (Å²) in [5, 5.41) is 9.76. The highest BCUT2D eigenvalue weighted by molar-refractivity contribution is 6.12. The second kappa shape index (κ2) is 15.1. The van der Waals surface area contributed by atoms with Crippen molar-refractivity contribution in [2.75, 3.05) is 0 Å². The van der Waals surface area contributed by atoms with Gasteiger partial charge in [-0.05, 0) is 135 Å². The molecule has 0 amide bonds. The molecule has 0 aliphatic heterocycles. The van der Waals surface area contributed by atoms with Crippen LogP contribution < -0.4 is 0 Å². The third-order valence-corrected chi connectivity index (χ3v) is 11.9. The lowest BCUT2D eigenvalue weighted by atomic mass is 9.91. The SMILES string of the molecule is C(#Cc1cc2cc(-c3ccc(-c4ccc5ccccc5c4)cc3)ccc2c2ccc(-c3ccc(-c4ccc5ccccc5c4)cc3)cc12)c1ccccc1-c1ccccc1. The molecule has 60 heavy (non-hydrogen) atoms. The number of fused-ring (bicyclic) bond motifs is 5. The molecule has 0 heteroatoms. The van der Waals surface area contributed by atoms with Crippen molar-refractivity contribution in [1.82, 2.24) is 0 Å². The zero-order valence-corrected chi connectivity index (χ0v) is 32.9. The van der Waals surface area contributed by atoms with Crippen LogP contribution in [0.1, 0.15) is 11.1 Å². The summed E-state index contributed by atoms with van der Waals surface area (Å²) >= 11 is 0. The summed E-state index contributed by atoms with van der Waals surface area (Å²) < 4.78 is 0. The fourth-order valence-electron chi connectivity index (χ4n) is 8.67. The zero-order valence-electron chi connectivity index (χ0n) is 32.9. The smallest absolute Gasteiger partial charge is 0.0334 e. The maximum atomic E-state index is 3.68. The van der Waals surface area contributed by atoms with Crippen molar-refractivity contribution in [2.45, 2.75) is 0 Å². The number of rotatable bonds is 5. The van der Waals surface area contributed by atoms with E-state index in [0.717, 1.165) is 27.6 Å². The first-order valence-electron chi connectivity index (χ1n) is 20.6. The highest BCUT2D eigenvalue weighted by Crippen LogP contribution is 2.36. The summed E-state index contributed by atoms with van der Waals surface area (Å²) in [6.45, 7) is 0. The molecule has 0 atom stereocenters. The predicted octanol–water partition coefficient (Wildman–Crippen LogP) is 16.0. The van der Waals surface area contributed by atoms with E-state index in [0.29, 0.717) is 0 Å². The molecule has 0 unspecified atom stereocenters. The Morgan fingerprint density at radius 2 is 0.617 bits per heavy atom. The lowest BCUT2D eigenvalue weighted by molar-refractivity contribution is 1.58. The van der Waals surface area contributed by atoms with Gasteiger partial charge in [0.15, 0.2) is 0 Å². The van der Waals surface area contributed by atoms with Gasteiger partial charge in [-0.2, -0.15) is 0 Å². The number of hydrogen-bond acceptors (Lipinski definition) is 0. The van der Waals surface area contributed by atoms with Crippen LogP contribution in [0.2, 0.25) is 0 Å². The molecule has 0 fully saturated rings. The van der Waals surface area contributed by atoms with Crippen molar-refractivity contribution >= 4 is 43.1 Å². The van der Waals surface area contributed by atoms with E-state index >= 15 is 0 Å². The third-order valence-electron chi connectivity index (χ3n) is 11.9. The van der Waals surface area contributed by atoms with Crippen molar-refractivity contribution in [1.29, 1.82) is 0 Å². The van der Waals surface area contributed by atoms with Crippen LogP contribution in [0.25, 0.3) is 98.7 Å². The van der Waals surface area contributed by atoms with E-state index in [9.17, 15) is 0 Å². The van der Waals surface area contributed by atoms with Crippen LogP contribution in [0.15, 0.2) is 231 Å². The molecule has 0 N–H and O–H groups in total. The minimum absolute atomic E-state index is 1.01. The van der Waals surface area contributed by atoms with E-state index in [-0.39, 0.29) is 0 Å². The Bertz CT molecular complexity index is 3450.